The number of carboxylic acids is 1. The number of halogens is 1. The van der Waals surface area contributed by atoms with E-state index < -0.39 is 45.1 Å². The van der Waals surface area contributed by atoms with E-state index in [1.165, 1.54) is 13.0 Å². The van der Waals surface area contributed by atoms with Gasteiger partial charge in [0, 0.05) is 51.3 Å². The lowest BCUT2D eigenvalue weighted by molar-refractivity contribution is -0.171. The predicted molar refractivity (Wildman–Crippen MR) is 176 cm³/mol. The molecule has 4 aliphatic carbocycles. The van der Waals surface area contributed by atoms with Crippen LogP contribution < -0.4 is 9.47 Å². The number of hydrogen-bond acceptors (Lipinski definition) is 8. The van der Waals surface area contributed by atoms with Crippen LogP contribution in [0.1, 0.15) is 114 Å². The number of ether oxygens (including phenoxy) is 4. The first-order chi connectivity index (χ1) is 22.3. The van der Waals surface area contributed by atoms with Crippen molar-refractivity contribution in [1.29, 1.82) is 0 Å². The fourth-order valence-electron chi connectivity index (χ4n) is 10.3. The highest BCUT2D eigenvalue weighted by Gasteiger charge is 2.81. The normalized spacial score (nSPS) is 39.9. The van der Waals surface area contributed by atoms with Gasteiger partial charge in [-0.15, -0.1) is 11.6 Å². The van der Waals surface area contributed by atoms with Crippen molar-refractivity contribution in [2.45, 2.75) is 132 Å². The number of rotatable bonds is 7. The second-order valence-corrected chi connectivity index (χ2v) is 18.1. The van der Waals surface area contributed by atoms with Crippen molar-refractivity contribution in [2.75, 3.05) is 6.61 Å². The highest BCUT2D eigenvalue weighted by Crippen LogP contribution is 2.70. The molecule has 0 amide bonds. The van der Waals surface area contributed by atoms with Crippen LogP contribution >= 0.6 is 11.6 Å². The van der Waals surface area contributed by atoms with Gasteiger partial charge >= 0.3 is 5.97 Å². The summed E-state index contributed by atoms with van der Waals surface area (Å²) in [6.45, 7) is 14.0. The standard InChI is InChI=1S/C38H45ClO9/c1-18(32(43)44)8-13-37-31(42)19-14-23-27(40)26-28(41)25-21-16-35(6,12-10-22(21)36(7)17-45-36)46-29(25)20(9-11-33(2,3)39)30(26)47-38(23,37)24(15-19)34(4,5)48-37/h8,14,19,21-22,24,41H,9-13,15-17H2,1-7H3,(H,43,44)/b18-8-/t19-,21?,22?,24-,35-,36?,37+,38-/m1/s1. The fourth-order valence-corrected chi connectivity index (χ4v) is 10.4. The van der Waals surface area contributed by atoms with Crippen LogP contribution in [0.5, 0.6) is 17.2 Å². The number of carbonyl (C=O) groups excluding carboxylic acids is 2. The van der Waals surface area contributed by atoms with E-state index in [-0.39, 0.29) is 58.1 Å². The van der Waals surface area contributed by atoms with Crippen molar-refractivity contribution in [3.8, 4) is 17.2 Å². The molecule has 4 fully saturated rings. The minimum atomic E-state index is -1.64. The van der Waals surface area contributed by atoms with Crippen LogP contribution in [-0.2, 0) is 25.5 Å². The van der Waals surface area contributed by atoms with Crippen LogP contribution in [0, 0.1) is 17.8 Å². The number of epoxide rings is 1. The molecule has 0 radical (unpaired) electrons. The average molecular weight is 681 g/mol. The first-order valence-electron chi connectivity index (χ1n) is 17.3. The number of fused-ring (bicyclic) bond motifs is 5. The third-order valence-electron chi connectivity index (χ3n) is 12.8. The third-order valence-corrected chi connectivity index (χ3v) is 13.0. The molecule has 3 unspecified atom stereocenters. The van der Waals surface area contributed by atoms with Crippen LogP contribution in [0.25, 0.3) is 0 Å². The van der Waals surface area contributed by atoms with Gasteiger partial charge in [0.15, 0.2) is 22.8 Å². The summed E-state index contributed by atoms with van der Waals surface area (Å²) < 4.78 is 26.9. The SMILES string of the molecule is C/C(=C/C[C@@]12OC(C)(C)[C@H]3C[C@@H](C=C4C(=O)c5c(O)c6c(c(CCC(C)(C)Cl)c5O[C@]431)O[C@]1(C)CCC(C3(C)CO3)C6C1)C2=O)C(=O)O. The van der Waals surface area contributed by atoms with Crippen LogP contribution in [0.4, 0.5) is 0 Å². The molecule has 1 aromatic rings. The number of aromatic hydroxyl groups is 1. The maximum Gasteiger partial charge on any atom is 0.330 e. The maximum absolute atomic E-state index is 15.1. The summed E-state index contributed by atoms with van der Waals surface area (Å²) in [5, 5.41) is 22.0. The summed E-state index contributed by atoms with van der Waals surface area (Å²) in [6.07, 6.45) is 6.90. The van der Waals surface area contributed by atoms with Crippen LogP contribution in [0.3, 0.4) is 0 Å². The zero-order chi connectivity index (χ0) is 34.6. The molecule has 10 heteroatoms. The number of alkyl halides is 1. The van der Waals surface area contributed by atoms with Gasteiger partial charge in [-0.2, -0.15) is 0 Å². The molecule has 4 aliphatic heterocycles. The van der Waals surface area contributed by atoms with E-state index in [0.29, 0.717) is 54.7 Å². The Bertz CT molecular complexity index is 1760. The zero-order valence-corrected chi connectivity index (χ0v) is 29.5. The third kappa shape index (κ3) is 4.13. The number of Topliss-reactive ketones (excluding diaryl/α,β-unsaturated/α-hetero) is 2. The van der Waals surface area contributed by atoms with E-state index in [2.05, 4.69) is 13.8 Å². The molecule has 8 aliphatic rings. The lowest BCUT2D eigenvalue weighted by Gasteiger charge is -2.56. The van der Waals surface area contributed by atoms with Gasteiger partial charge < -0.3 is 29.2 Å². The molecule has 2 saturated heterocycles. The Labute approximate surface area is 286 Å². The second-order valence-electron chi connectivity index (χ2n) is 17.0. The Balaban J connectivity index is 1.38. The smallest absolute Gasteiger partial charge is 0.330 e. The van der Waals surface area contributed by atoms with Gasteiger partial charge in [-0.1, -0.05) is 12.2 Å². The van der Waals surface area contributed by atoms with Gasteiger partial charge in [0.1, 0.15) is 28.4 Å². The molecular weight excluding hydrogens is 636 g/mol. The van der Waals surface area contributed by atoms with E-state index in [0.717, 1.165) is 12.8 Å². The summed E-state index contributed by atoms with van der Waals surface area (Å²) in [5.74, 6) is -2.04. The van der Waals surface area contributed by atoms with E-state index in [1.807, 2.05) is 27.7 Å². The first-order valence-corrected chi connectivity index (χ1v) is 17.7. The first kappa shape index (κ1) is 32.3. The second kappa shape index (κ2) is 9.67. The molecule has 2 N–H and O–H groups in total. The highest BCUT2D eigenvalue weighted by atomic mass is 35.5. The lowest BCUT2D eigenvalue weighted by Crippen LogP contribution is -2.72. The number of benzene rings is 1. The molecule has 8 atom stereocenters. The van der Waals surface area contributed by atoms with Gasteiger partial charge in [-0.3, -0.25) is 9.59 Å². The van der Waals surface area contributed by atoms with Gasteiger partial charge in [0.25, 0.3) is 0 Å². The number of phenols is 1. The van der Waals surface area contributed by atoms with Crippen LogP contribution in [0.2, 0.25) is 0 Å². The average Bonchev–Trinajstić information content (AvgIpc) is 3.70. The van der Waals surface area contributed by atoms with Gasteiger partial charge in [0.05, 0.1) is 17.8 Å². The molecule has 1 spiro atoms. The summed E-state index contributed by atoms with van der Waals surface area (Å²) in [7, 11) is 0. The number of hydrogen-bond donors (Lipinski definition) is 2. The molecule has 1 aromatic carbocycles. The quantitative estimate of drug-likeness (QED) is 0.186. The number of allylic oxidation sites excluding steroid dienone is 1. The van der Waals surface area contributed by atoms with Gasteiger partial charge in [-0.05, 0) is 92.9 Å². The monoisotopic (exact) mass is 680 g/mol. The van der Waals surface area contributed by atoms with Gasteiger partial charge in [-0.25, -0.2) is 4.79 Å². The fraction of sp³-hybridized carbons (Fsp3) is 0.658. The molecule has 9 rings (SSSR count). The van der Waals surface area contributed by atoms with Crippen molar-refractivity contribution in [2.24, 2.45) is 17.8 Å². The Hall–Kier alpha value is -2.88. The van der Waals surface area contributed by atoms with E-state index in [9.17, 15) is 19.8 Å². The molecule has 6 bridgehead atoms. The zero-order valence-electron chi connectivity index (χ0n) is 28.8. The summed E-state index contributed by atoms with van der Waals surface area (Å²) in [6, 6.07) is 0. The number of aliphatic carboxylic acids is 1. The molecule has 0 aromatic heterocycles. The van der Waals surface area contributed by atoms with E-state index in [1.54, 1.807) is 6.08 Å². The van der Waals surface area contributed by atoms with Crippen molar-refractivity contribution in [3.05, 3.63) is 40.0 Å². The molecule has 4 heterocycles. The Kier molecular flexibility index (Phi) is 6.51. The van der Waals surface area contributed by atoms with Crippen LogP contribution in [0.15, 0.2) is 23.3 Å². The van der Waals surface area contributed by atoms with Crippen molar-refractivity contribution >= 4 is 29.1 Å². The Morgan fingerprint density at radius 3 is 2.50 bits per heavy atom. The lowest BCUT2D eigenvalue weighted by atomic mass is 9.51. The molecule has 48 heavy (non-hydrogen) atoms. The van der Waals surface area contributed by atoms with E-state index >= 15 is 4.79 Å². The largest absolute Gasteiger partial charge is 0.507 e. The summed E-state index contributed by atoms with van der Waals surface area (Å²) >= 11 is 6.78. The number of ketones is 2. The van der Waals surface area contributed by atoms with Crippen molar-refractivity contribution < 1.29 is 43.5 Å². The summed E-state index contributed by atoms with van der Waals surface area (Å²) in [5.41, 5.74) is -3.07. The molecule has 9 nitrogen and oxygen atoms in total. The molecule has 2 saturated carbocycles. The topological polar surface area (TPSA) is 132 Å². The number of carbonyl (C=O) groups is 3. The number of phenolic OH excluding ortho intramolecular Hbond substituents is 1. The van der Waals surface area contributed by atoms with Crippen LogP contribution in [-0.4, -0.2) is 67.2 Å². The number of carboxylic acid groups (broad SMARTS) is 1. The molecular formula is C38H45ClO9. The minimum Gasteiger partial charge on any atom is -0.507 e. The van der Waals surface area contributed by atoms with Crippen molar-refractivity contribution in [1.82, 2.24) is 0 Å². The Morgan fingerprint density at radius 1 is 1.15 bits per heavy atom. The minimum absolute atomic E-state index is 0.0702. The maximum atomic E-state index is 15.1. The van der Waals surface area contributed by atoms with Crippen molar-refractivity contribution in [3.63, 3.8) is 0 Å². The van der Waals surface area contributed by atoms with Gasteiger partial charge in [0.2, 0.25) is 0 Å². The molecule has 258 valence electrons. The highest BCUT2D eigenvalue weighted by molar-refractivity contribution is 6.23. The predicted octanol–water partition coefficient (Wildman–Crippen LogP) is 6.59. The Morgan fingerprint density at radius 2 is 1.85 bits per heavy atom. The summed E-state index contributed by atoms with van der Waals surface area (Å²) in [4.78, 5) is 40.8. The van der Waals surface area contributed by atoms with E-state index in [4.69, 9.17) is 30.5 Å².